The van der Waals surface area contributed by atoms with E-state index >= 15 is 0 Å². The maximum absolute atomic E-state index is 14.2. The zero-order chi connectivity index (χ0) is 30.4. The Hall–Kier alpha value is -2.95. The highest BCUT2D eigenvalue weighted by Crippen LogP contribution is 2.51. The van der Waals surface area contributed by atoms with Crippen molar-refractivity contribution in [2.45, 2.75) is 79.6 Å². The molecule has 5 rings (SSSR count). The number of nitrogens with one attached hydrogen (secondary N) is 2. The van der Waals surface area contributed by atoms with E-state index in [0.29, 0.717) is 17.9 Å². The molecule has 0 bridgehead atoms. The number of amides is 3. The number of rotatable bonds is 10. The van der Waals surface area contributed by atoms with Crippen molar-refractivity contribution < 1.29 is 27.6 Å². The quantitative estimate of drug-likeness (QED) is 0.386. The van der Waals surface area contributed by atoms with Gasteiger partial charge in [-0.25, -0.2) is 8.42 Å². The van der Waals surface area contributed by atoms with Gasteiger partial charge in [0, 0.05) is 17.6 Å². The number of nitrogens with zero attached hydrogens (tertiary/aromatic N) is 1. The highest BCUT2D eigenvalue weighted by Gasteiger charge is 2.57. The van der Waals surface area contributed by atoms with Gasteiger partial charge in [-0.15, -0.1) is 0 Å². The number of carbonyl (C=O) groups excluding carboxylic acids is 4. The minimum absolute atomic E-state index is 0.0358. The van der Waals surface area contributed by atoms with Gasteiger partial charge in [-0.05, 0) is 67.9 Å². The van der Waals surface area contributed by atoms with Crippen LogP contribution >= 0.6 is 23.2 Å². The highest BCUT2D eigenvalue weighted by atomic mass is 35.5. The van der Waals surface area contributed by atoms with Gasteiger partial charge < -0.3 is 15.5 Å². The van der Waals surface area contributed by atoms with Gasteiger partial charge in [-0.1, -0.05) is 61.3 Å². The summed E-state index contributed by atoms with van der Waals surface area (Å²) in [6, 6.07) is 10.6. The summed E-state index contributed by atoms with van der Waals surface area (Å²) in [6.45, 7) is 3.19. The van der Waals surface area contributed by atoms with Gasteiger partial charge in [-0.3, -0.25) is 19.2 Å². The van der Waals surface area contributed by atoms with Gasteiger partial charge >= 0.3 is 0 Å². The Morgan fingerprint density at radius 1 is 0.976 bits per heavy atom. The van der Waals surface area contributed by atoms with Gasteiger partial charge in [-0.2, -0.15) is 0 Å². The van der Waals surface area contributed by atoms with Crippen LogP contribution in [0.3, 0.4) is 0 Å². The van der Waals surface area contributed by atoms with E-state index in [2.05, 4.69) is 10.6 Å². The van der Waals surface area contributed by atoms with Crippen molar-refractivity contribution >= 4 is 56.5 Å². The zero-order valence-electron chi connectivity index (χ0n) is 23.3. The number of hydrogen-bond donors (Lipinski definition) is 2. The lowest BCUT2D eigenvalue weighted by Gasteiger charge is -2.30. The summed E-state index contributed by atoms with van der Waals surface area (Å²) in [5, 5.41) is 4.79. The number of ketones is 1. The topological polar surface area (TPSA) is 130 Å². The van der Waals surface area contributed by atoms with Crippen LogP contribution in [-0.4, -0.2) is 66.7 Å². The van der Waals surface area contributed by atoms with E-state index in [-0.39, 0.29) is 34.8 Å². The molecule has 1 aliphatic heterocycles. The predicted molar refractivity (Wildman–Crippen MR) is 158 cm³/mol. The number of benzene rings is 2. The largest absolute Gasteiger partial charge is 0.347 e. The molecule has 1 heterocycles. The van der Waals surface area contributed by atoms with E-state index in [4.69, 9.17) is 23.2 Å². The molecule has 2 N–H and O–H groups in total. The van der Waals surface area contributed by atoms with E-state index in [9.17, 15) is 27.6 Å². The Morgan fingerprint density at radius 3 is 2.19 bits per heavy atom. The second-order valence-corrected chi connectivity index (χ2v) is 14.8. The predicted octanol–water partition coefficient (Wildman–Crippen LogP) is 3.46. The molecule has 2 aromatic carbocycles. The SMILES string of the molecule is CC(C)C(NC(=O)[C@@H]1C[C@@H](S(=O)(=O)c2ccccc2Cl)CN1C(=O)C1(c2ccc(Cl)cc2)CC1)C(=O)C(=O)NC1CC1. The molecule has 2 aromatic rings. The average Bonchev–Trinajstić information content (AvgIpc) is 3.89. The number of halogens is 2. The Labute approximate surface area is 255 Å². The van der Waals surface area contributed by atoms with Crippen molar-refractivity contribution in [3.63, 3.8) is 0 Å². The average molecular weight is 635 g/mol. The molecule has 1 unspecified atom stereocenters. The summed E-state index contributed by atoms with van der Waals surface area (Å²) < 4.78 is 27.5. The van der Waals surface area contributed by atoms with Crippen LogP contribution in [0.15, 0.2) is 53.4 Å². The van der Waals surface area contributed by atoms with Crippen LogP contribution in [0.25, 0.3) is 0 Å². The third kappa shape index (κ3) is 5.94. The zero-order valence-corrected chi connectivity index (χ0v) is 25.6. The minimum atomic E-state index is -4.03. The van der Waals surface area contributed by atoms with Crippen molar-refractivity contribution in [1.82, 2.24) is 15.5 Å². The van der Waals surface area contributed by atoms with Crippen LogP contribution in [0.5, 0.6) is 0 Å². The molecule has 3 atom stereocenters. The smallest absolute Gasteiger partial charge is 0.289 e. The molecular formula is C30H33Cl2N3O6S. The summed E-state index contributed by atoms with van der Waals surface area (Å²) in [5.41, 5.74) is -0.163. The normalized spacial score (nSPS) is 22.0. The first-order valence-electron chi connectivity index (χ1n) is 14.1. The number of hydrogen-bond acceptors (Lipinski definition) is 6. The van der Waals surface area contributed by atoms with Crippen molar-refractivity contribution in [2.75, 3.05) is 6.54 Å². The van der Waals surface area contributed by atoms with Gasteiger partial charge in [0.15, 0.2) is 9.84 Å². The third-order valence-electron chi connectivity index (χ3n) is 8.35. The lowest BCUT2D eigenvalue weighted by molar-refractivity contribution is -0.143. The second-order valence-electron chi connectivity index (χ2n) is 11.7. The number of sulfone groups is 1. The highest BCUT2D eigenvalue weighted by molar-refractivity contribution is 7.92. The Bertz CT molecular complexity index is 1520. The monoisotopic (exact) mass is 633 g/mol. The first-order chi connectivity index (χ1) is 19.8. The van der Waals surface area contributed by atoms with E-state index < -0.39 is 56.1 Å². The Kier molecular flexibility index (Phi) is 8.44. The molecule has 9 nitrogen and oxygen atoms in total. The summed E-state index contributed by atoms with van der Waals surface area (Å²) in [7, 11) is -4.03. The van der Waals surface area contributed by atoms with Crippen molar-refractivity contribution in [2.24, 2.45) is 5.92 Å². The first-order valence-corrected chi connectivity index (χ1v) is 16.4. The van der Waals surface area contributed by atoms with E-state index in [0.717, 1.165) is 18.4 Å². The van der Waals surface area contributed by atoms with Crippen LogP contribution in [0.4, 0.5) is 0 Å². The van der Waals surface area contributed by atoms with Gasteiger partial charge in [0.2, 0.25) is 17.6 Å². The van der Waals surface area contributed by atoms with Gasteiger partial charge in [0.25, 0.3) is 5.91 Å². The fourth-order valence-corrected chi connectivity index (χ4v) is 7.90. The second kappa shape index (κ2) is 11.6. The molecule has 224 valence electrons. The van der Waals surface area contributed by atoms with Crippen LogP contribution in [-0.2, 0) is 34.4 Å². The molecular weight excluding hydrogens is 601 g/mol. The lowest BCUT2D eigenvalue weighted by Crippen LogP contribution is -2.56. The maximum atomic E-state index is 14.2. The molecule has 1 saturated heterocycles. The van der Waals surface area contributed by atoms with Crippen LogP contribution in [0, 0.1) is 5.92 Å². The summed E-state index contributed by atoms with van der Waals surface area (Å²) in [6.07, 6.45) is 2.49. The third-order valence-corrected chi connectivity index (χ3v) is 11.2. The number of carbonyl (C=O) groups is 4. The number of likely N-dealkylation sites (tertiary alicyclic amines) is 1. The molecule has 42 heavy (non-hydrogen) atoms. The molecule has 2 aliphatic carbocycles. The van der Waals surface area contributed by atoms with Crippen LogP contribution in [0.1, 0.15) is 51.5 Å². The summed E-state index contributed by atoms with van der Waals surface area (Å²) in [5.74, 6) is -3.02. The fourth-order valence-electron chi connectivity index (χ4n) is 5.55. The molecule has 2 saturated carbocycles. The van der Waals surface area contributed by atoms with Gasteiger partial charge in [0.1, 0.15) is 6.04 Å². The van der Waals surface area contributed by atoms with Gasteiger partial charge in [0.05, 0.1) is 26.6 Å². The molecule has 3 fully saturated rings. The molecule has 3 amide bonds. The van der Waals surface area contributed by atoms with E-state index in [1.54, 1.807) is 50.2 Å². The van der Waals surface area contributed by atoms with Crippen LogP contribution < -0.4 is 10.6 Å². The molecule has 3 aliphatic rings. The molecule has 12 heteroatoms. The fraction of sp³-hybridized carbons (Fsp3) is 0.467. The van der Waals surface area contributed by atoms with E-state index in [1.165, 1.54) is 17.0 Å². The molecule has 0 spiro atoms. The Balaban J connectivity index is 1.45. The summed E-state index contributed by atoms with van der Waals surface area (Å²) >= 11 is 12.3. The minimum Gasteiger partial charge on any atom is -0.347 e. The maximum Gasteiger partial charge on any atom is 0.289 e. The lowest BCUT2D eigenvalue weighted by atomic mass is 9.93. The standard InChI is InChI=1S/C30H33Cl2N3O6S/c1-17(2)25(26(36)28(38)33-20-11-12-20)34-27(37)23-15-21(42(40,41)24-6-4-3-5-22(24)32)16-35(23)29(39)30(13-14-30)18-7-9-19(31)10-8-18/h3-10,17,20-21,23,25H,11-16H2,1-2H3,(H,33,38)(H,34,37)/t21-,23+,25?/m1/s1. The Morgan fingerprint density at radius 2 is 1.62 bits per heavy atom. The van der Waals surface area contributed by atoms with Crippen molar-refractivity contribution in [3.05, 3.63) is 64.1 Å². The van der Waals surface area contributed by atoms with Crippen molar-refractivity contribution in [1.29, 1.82) is 0 Å². The number of Topliss-reactive ketones (excluding diaryl/α,β-unsaturated/α-hetero) is 1. The van der Waals surface area contributed by atoms with Crippen LogP contribution in [0.2, 0.25) is 10.0 Å². The molecule has 0 aromatic heterocycles. The first kappa shape index (κ1) is 30.5. The molecule has 0 radical (unpaired) electrons. The van der Waals surface area contributed by atoms with Crippen molar-refractivity contribution in [3.8, 4) is 0 Å². The van der Waals surface area contributed by atoms with E-state index in [1.807, 2.05) is 0 Å². The summed E-state index contributed by atoms with van der Waals surface area (Å²) in [4.78, 5) is 54.8.